The van der Waals surface area contributed by atoms with Crippen LogP contribution >= 0.6 is 23.2 Å². The Labute approximate surface area is 167 Å². The first-order valence-corrected chi connectivity index (χ1v) is 9.23. The predicted octanol–water partition coefficient (Wildman–Crippen LogP) is 5.80. The Morgan fingerprint density at radius 1 is 1.19 bits per heavy atom. The molecule has 27 heavy (non-hydrogen) atoms. The number of benzene rings is 2. The van der Waals surface area contributed by atoms with Crippen LogP contribution in [0, 0.1) is 17.0 Å². The molecule has 7 nitrogen and oxygen atoms in total. The average molecular weight is 410 g/mol. The van der Waals surface area contributed by atoms with E-state index in [0.717, 1.165) is 30.8 Å². The number of nitrogens with two attached hydrogens (primary N) is 1. The maximum Gasteiger partial charge on any atom is 0.272 e. The van der Waals surface area contributed by atoms with Crippen LogP contribution in [0.5, 0.6) is 0 Å². The molecular formula is C18H21Cl2N5O2. The Kier molecular flexibility index (Phi) is 7.53. The van der Waals surface area contributed by atoms with Gasteiger partial charge in [0.05, 0.1) is 20.7 Å². The molecule has 0 saturated carbocycles. The fourth-order valence-electron chi connectivity index (χ4n) is 2.56. The van der Waals surface area contributed by atoms with Gasteiger partial charge < -0.3 is 10.6 Å². The minimum absolute atomic E-state index is 0.0752. The molecule has 2 N–H and O–H groups in total. The van der Waals surface area contributed by atoms with Gasteiger partial charge in [0, 0.05) is 30.9 Å². The lowest BCUT2D eigenvalue weighted by Gasteiger charge is -2.23. The topological polar surface area (TPSA) is 97.1 Å². The van der Waals surface area contributed by atoms with Crippen molar-refractivity contribution in [3.63, 3.8) is 0 Å². The van der Waals surface area contributed by atoms with E-state index in [-0.39, 0.29) is 21.4 Å². The average Bonchev–Trinajstić information content (AvgIpc) is 2.62. The summed E-state index contributed by atoms with van der Waals surface area (Å²) in [5.74, 6) is 0. The maximum atomic E-state index is 10.8. The number of hydrogen-bond donors (Lipinski definition) is 1. The number of non-ortho nitro benzene ring substituents is 1. The van der Waals surface area contributed by atoms with Gasteiger partial charge in [-0.1, -0.05) is 23.2 Å². The molecule has 0 atom stereocenters. The highest BCUT2D eigenvalue weighted by atomic mass is 35.5. The van der Waals surface area contributed by atoms with E-state index in [4.69, 9.17) is 28.9 Å². The first-order chi connectivity index (χ1) is 12.9. The van der Waals surface area contributed by atoms with E-state index in [1.807, 2.05) is 25.1 Å². The van der Waals surface area contributed by atoms with Crippen molar-refractivity contribution in [3.8, 4) is 0 Å². The van der Waals surface area contributed by atoms with Gasteiger partial charge in [0.1, 0.15) is 5.69 Å². The third-order valence-electron chi connectivity index (χ3n) is 4.03. The van der Waals surface area contributed by atoms with Gasteiger partial charge in [0.15, 0.2) is 0 Å². The second kappa shape index (κ2) is 9.64. The third-order valence-corrected chi connectivity index (χ3v) is 4.61. The molecular weight excluding hydrogens is 389 g/mol. The van der Waals surface area contributed by atoms with Gasteiger partial charge in [-0.3, -0.25) is 10.1 Å². The van der Waals surface area contributed by atoms with Crippen molar-refractivity contribution in [2.45, 2.75) is 20.3 Å². The van der Waals surface area contributed by atoms with Gasteiger partial charge in [-0.15, -0.1) is 5.11 Å². The lowest BCUT2D eigenvalue weighted by atomic mass is 10.1. The lowest BCUT2D eigenvalue weighted by Crippen LogP contribution is -2.25. The second-order valence-corrected chi connectivity index (χ2v) is 6.72. The fraction of sp³-hybridized carbons (Fsp3) is 0.333. The van der Waals surface area contributed by atoms with E-state index in [1.165, 1.54) is 12.1 Å². The number of rotatable bonds is 8. The van der Waals surface area contributed by atoms with Crippen molar-refractivity contribution in [2.75, 3.05) is 24.5 Å². The molecule has 0 heterocycles. The SMILES string of the molecule is CCN(CCCN)c1ccc(/N=N\c2c(Cl)cc([N+](=O)[O-])cc2Cl)c(C)c1. The van der Waals surface area contributed by atoms with Crippen molar-refractivity contribution in [1.29, 1.82) is 0 Å². The molecule has 0 aliphatic carbocycles. The highest BCUT2D eigenvalue weighted by molar-refractivity contribution is 6.39. The van der Waals surface area contributed by atoms with Gasteiger partial charge in [-0.25, -0.2) is 0 Å². The van der Waals surface area contributed by atoms with Crippen molar-refractivity contribution in [3.05, 3.63) is 56.1 Å². The molecule has 0 aromatic heterocycles. The summed E-state index contributed by atoms with van der Waals surface area (Å²) in [5, 5.41) is 19.3. The molecule has 0 spiro atoms. The number of nitro groups is 1. The van der Waals surface area contributed by atoms with Gasteiger partial charge in [0.25, 0.3) is 5.69 Å². The van der Waals surface area contributed by atoms with E-state index >= 15 is 0 Å². The molecule has 2 rings (SSSR count). The summed E-state index contributed by atoms with van der Waals surface area (Å²) in [6.45, 7) is 6.46. The summed E-state index contributed by atoms with van der Waals surface area (Å²) >= 11 is 12.1. The summed E-state index contributed by atoms with van der Waals surface area (Å²) in [5.41, 5.74) is 8.30. The minimum atomic E-state index is -0.564. The number of aryl methyl sites for hydroxylation is 1. The number of anilines is 1. The monoisotopic (exact) mass is 409 g/mol. The van der Waals surface area contributed by atoms with Gasteiger partial charge in [-0.2, -0.15) is 5.11 Å². The van der Waals surface area contributed by atoms with E-state index < -0.39 is 4.92 Å². The zero-order chi connectivity index (χ0) is 20.0. The van der Waals surface area contributed by atoms with Crippen LogP contribution in [0.2, 0.25) is 10.0 Å². The van der Waals surface area contributed by atoms with E-state index in [1.54, 1.807) is 0 Å². The van der Waals surface area contributed by atoms with Gasteiger partial charge in [0.2, 0.25) is 0 Å². The third kappa shape index (κ3) is 5.38. The van der Waals surface area contributed by atoms with Crippen molar-refractivity contribution >= 4 is 46.0 Å². The fourth-order valence-corrected chi connectivity index (χ4v) is 3.11. The largest absolute Gasteiger partial charge is 0.372 e. The summed E-state index contributed by atoms with van der Waals surface area (Å²) in [6, 6.07) is 8.28. The van der Waals surface area contributed by atoms with Crippen LogP contribution in [-0.4, -0.2) is 24.6 Å². The molecule has 9 heteroatoms. The standard InChI is InChI=1S/C18H21Cl2N5O2/c1-3-24(8-4-7-21)13-5-6-17(12(2)9-13)22-23-18-15(19)10-14(25(26)27)11-16(18)20/h5-6,9-11H,3-4,7-8,21H2,1-2H3/b23-22-. The molecule has 0 saturated heterocycles. The van der Waals surface area contributed by atoms with Crippen LogP contribution in [0.3, 0.4) is 0 Å². The number of azo groups is 1. The lowest BCUT2D eigenvalue weighted by molar-refractivity contribution is -0.384. The van der Waals surface area contributed by atoms with E-state index in [0.29, 0.717) is 12.2 Å². The molecule has 144 valence electrons. The summed E-state index contributed by atoms with van der Waals surface area (Å²) in [4.78, 5) is 12.5. The molecule has 0 fully saturated rings. The van der Waals surface area contributed by atoms with Crippen molar-refractivity contribution in [1.82, 2.24) is 0 Å². The zero-order valence-corrected chi connectivity index (χ0v) is 16.7. The van der Waals surface area contributed by atoms with Crippen LogP contribution in [-0.2, 0) is 0 Å². The molecule has 0 aliphatic rings. The molecule has 2 aromatic rings. The van der Waals surface area contributed by atoms with Crippen LogP contribution in [0.15, 0.2) is 40.6 Å². The predicted molar refractivity (Wildman–Crippen MR) is 110 cm³/mol. The first-order valence-electron chi connectivity index (χ1n) is 8.48. The summed E-state index contributed by atoms with van der Waals surface area (Å²) < 4.78 is 0. The molecule has 0 unspecified atom stereocenters. The summed E-state index contributed by atoms with van der Waals surface area (Å²) in [6.07, 6.45) is 0.922. The van der Waals surface area contributed by atoms with E-state index in [2.05, 4.69) is 22.1 Å². The Morgan fingerprint density at radius 3 is 2.37 bits per heavy atom. The molecule has 0 radical (unpaired) electrons. The molecule has 0 amide bonds. The van der Waals surface area contributed by atoms with E-state index in [9.17, 15) is 10.1 Å². The van der Waals surface area contributed by atoms with Crippen molar-refractivity contribution < 1.29 is 4.92 Å². The molecule has 0 bridgehead atoms. The molecule has 0 aliphatic heterocycles. The number of hydrogen-bond acceptors (Lipinski definition) is 6. The smallest absolute Gasteiger partial charge is 0.272 e. The summed E-state index contributed by atoms with van der Waals surface area (Å²) in [7, 11) is 0. The van der Waals surface area contributed by atoms with Gasteiger partial charge >= 0.3 is 0 Å². The Hall–Kier alpha value is -2.22. The van der Waals surface area contributed by atoms with Crippen molar-refractivity contribution in [2.24, 2.45) is 16.0 Å². The zero-order valence-electron chi connectivity index (χ0n) is 15.2. The Bertz CT molecular complexity index is 835. The number of nitro benzene ring substituents is 1. The van der Waals surface area contributed by atoms with Crippen LogP contribution in [0.4, 0.5) is 22.7 Å². The minimum Gasteiger partial charge on any atom is -0.372 e. The van der Waals surface area contributed by atoms with Crippen LogP contribution < -0.4 is 10.6 Å². The first kappa shape index (κ1) is 21.1. The highest BCUT2D eigenvalue weighted by Crippen LogP contribution is 2.38. The van der Waals surface area contributed by atoms with Crippen LogP contribution in [0.1, 0.15) is 18.9 Å². The maximum absolute atomic E-state index is 10.8. The molecule has 2 aromatic carbocycles. The second-order valence-electron chi connectivity index (χ2n) is 5.91. The Morgan fingerprint density at radius 2 is 1.85 bits per heavy atom. The normalized spacial score (nSPS) is 11.1. The number of nitrogens with zero attached hydrogens (tertiary/aromatic N) is 4. The highest BCUT2D eigenvalue weighted by Gasteiger charge is 2.14. The quantitative estimate of drug-likeness (QED) is 0.338. The van der Waals surface area contributed by atoms with Crippen LogP contribution in [0.25, 0.3) is 0 Å². The number of halogens is 2. The van der Waals surface area contributed by atoms with Gasteiger partial charge in [-0.05, 0) is 50.6 Å². The Balaban J connectivity index is 2.26.